The zero-order valence-corrected chi connectivity index (χ0v) is 17.9. The Morgan fingerprint density at radius 3 is 2.03 bits per heavy atom. The van der Waals surface area contributed by atoms with Gasteiger partial charge in [-0.15, -0.1) is 0 Å². The van der Waals surface area contributed by atoms with Gasteiger partial charge >= 0.3 is 0 Å². The van der Waals surface area contributed by atoms with Crippen molar-refractivity contribution >= 4 is 10.8 Å². The van der Waals surface area contributed by atoms with Gasteiger partial charge in [0, 0.05) is 22.6 Å². The molecule has 5 aromatic rings. The topological polar surface area (TPSA) is 12.9 Å². The third kappa shape index (κ3) is 3.64. The average Bonchev–Trinajstić information content (AvgIpc) is 2.84. The summed E-state index contributed by atoms with van der Waals surface area (Å²) in [5, 5.41) is 2.39. The molecule has 0 spiro atoms. The molecule has 0 bridgehead atoms. The highest BCUT2D eigenvalue weighted by Gasteiger charge is 2.23. The van der Waals surface area contributed by atoms with Gasteiger partial charge in [-0.2, -0.15) is 0 Å². The van der Waals surface area contributed by atoms with E-state index in [9.17, 15) is 0 Å². The summed E-state index contributed by atoms with van der Waals surface area (Å²) in [7, 11) is 0. The van der Waals surface area contributed by atoms with E-state index >= 15 is 0 Å². The van der Waals surface area contributed by atoms with Crippen molar-refractivity contribution in [2.45, 2.75) is 19.3 Å². The normalized spacial score (nSPS) is 11.5. The lowest BCUT2D eigenvalue weighted by Crippen LogP contribution is -2.18. The molecule has 1 nitrogen and oxygen atoms in total. The maximum absolute atomic E-state index is 4.71. The summed E-state index contributed by atoms with van der Waals surface area (Å²) in [5.74, 6) is 0. The van der Waals surface area contributed by atoms with Crippen LogP contribution >= 0.6 is 0 Å². The highest BCUT2D eigenvalue weighted by Crippen LogP contribution is 2.35. The molecule has 0 fully saturated rings. The molecule has 0 amide bonds. The second kappa shape index (κ2) is 7.85. The molecule has 0 unspecified atom stereocenters. The van der Waals surface area contributed by atoms with E-state index in [-0.39, 0.29) is 5.41 Å². The van der Waals surface area contributed by atoms with Crippen molar-refractivity contribution in [2.24, 2.45) is 0 Å². The summed E-state index contributed by atoms with van der Waals surface area (Å²) in [6.45, 7) is 4.58. The Morgan fingerprint density at radius 1 is 0.548 bits per heavy atom. The number of aromatic nitrogens is 1. The molecule has 0 aliphatic heterocycles. The van der Waals surface area contributed by atoms with Crippen LogP contribution in [0, 0.1) is 0 Å². The first-order valence-corrected chi connectivity index (χ1v) is 10.7. The van der Waals surface area contributed by atoms with E-state index in [4.69, 9.17) is 4.98 Å². The van der Waals surface area contributed by atoms with E-state index in [1.165, 1.54) is 33.0 Å². The van der Waals surface area contributed by atoms with Gasteiger partial charge in [0.15, 0.2) is 0 Å². The van der Waals surface area contributed by atoms with Crippen LogP contribution in [0.5, 0.6) is 0 Å². The first kappa shape index (κ1) is 19.3. The lowest BCUT2D eigenvalue weighted by molar-refractivity contribution is 0.641. The van der Waals surface area contributed by atoms with Gasteiger partial charge in [0.1, 0.15) is 0 Å². The second-order valence-electron chi connectivity index (χ2n) is 8.53. The van der Waals surface area contributed by atoms with Crippen LogP contribution in [0.25, 0.3) is 33.2 Å². The van der Waals surface area contributed by atoms with Crippen LogP contribution in [-0.2, 0) is 5.41 Å². The Kier molecular flexibility index (Phi) is 4.88. The van der Waals surface area contributed by atoms with Gasteiger partial charge < -0.3 is 0 Å². The number of pyridine rings is 1. The Labute approximate surface area is 184 Å². The summed E-state index contributed by atoms with van der Waals surface area (Å²) in [6, 6.07) is 38.8. The monoisotopic (exact) mass is 399 g/mol. The molecule has 0 N–H and O–H groups in total. The first-order valence-electron chi connectivity index (χ1n) is 10.7. The van der Waals surface area contributed by atoms with Crippen molar-refractivity contribution < 1.29 is 0 Å². The minimum atomic E-state index is -0.0634. The Balaban J connectivity index is 1.58. The third-order valence-corrected chi connectivity index (χ3v) is 6.22. The van der Waals surface area contributed by atoms with Crippen LogP contribution < -0.4 is 0 Å². The lowest BCUT2D eigenvalue weighted by Gasteiger charge is -2.26. The van der Waals surface area contributed by atoms with E-state index in [1.54, 1.807) is 0 Å². The average molecular weight is 400 g/mol. The van der Waals surface area contributed by atoms with E-state index in [0.29, 0.717) is 0 Å². The maximum Gasteiger partial charge on any atom is 0.0780 e. The molecular formula is C30H25N. The molecule has 0 saturated heterocycles. The van der Waals surface area contributed by atoms with E-state index < -0.39 is 0 Å². The van der Waals surface area contributed by atoms with Crippen molar-refractivity contribution in [3.05, 3.63) is 127 Å². The van der Waals surface area contributed by atoms with E-state index in [0.717, 1.165) is 11.3 Å². The van der Waals surface area contributed by atoms with Crippen molar-refractivity contribution in [3.8, 4) is 22.4 Å². The molecule has 4 aromatic carbocycles. The molecule has 1 heterocycles. The highest BCUT2D eigenvalue weighted by molar-refractivity contribution is 5.95. The minimum absolute atomic E-state index is 0.0634. The molecular weight excluding hydrogens is 374 g/mol. The molecule has 1 heteroatoms. The molecule has 0 aliphatic carbocycles. The fourth-order valence-electron chi connectivity index (χ4n) is 4.30. The summed E-state index contributed by atoms with van der Waals surface area (Å²) in [5.41, 5.74) is 7.17. The van der Waals surface area contributed by atoms with Crippen molar-refractivity contribution in [3.63, 3.8) is 0 Å². The standard InChI is InChI=1S/C30H25N/c1-30(2,26-14-4-3-5-15-26)27-16-9-12-24(21-27)23-11-8-13-25(20-23)29-28-17-7-6-10-22(28)18-19-31-29/h3-21H,1-2H3. The molecule has 5 rings (SSSR count). The van der Waals surface area contributed by atoms with E-state index in [2.05, 4.69) is 123 Å². The number of hydrogen-bond acceptors (Lipinski definition) is 1. The predicted octanol–water partition coefficient (Wildman–Crippen LogP) is 7.89. The molecule has 0 aliphatic rings. The summed E-state index contributed by atoms with van der Waals surface area (Å²) < 4.78 is 0. The van der Waals surface area contributed by atoms with Gasteiger partial charge in [-0.25, -0.2) is 0 Å². The molecule has 0 radical (unpaired) electrons. The SMILES string of the molecule is CC(C)(c1ccccc1)c1cccc(-c2cccc(-c3nccc4ccccc34)c2)c1. The number of fused-ring (bicyclic) bond motifs is 1. The zero-order chi connectivity index (χ0) is 21.3. The molecule has 31 heavy (non-hydrogen) atoms. The summed E-state index contributed by atoms with van der Waals surface area (Å²) in [6.07, 6.45) is 1.90. The summed E-state index contributed by atoms with van der Waals surface area (Å²) >= 11 is 0. The number of hydrogen-bond donors (Lipinski definition) is 0. The molecule has 0 atom stereocenters. The van der Waals surface area contributed by atoms with Gasteiger partial charge in [0.25, 0.3) is 0 Å². The molecule has 150 valence electrons. The van der Waals surface area contributed by atoms with Crippen LogP contribution in [0.2, 0.25) is 0 Å². The number of rotatable bonds is 4. The van der Waals surface area contributed by atoms with Gasteiger partial charge in [-0.1, -0.05) is 111 Å². The van der Waals surface area contributed by atoms with Crippen molar-refractivity contribution in [1.29, 1.82) is 0 Å². The largest absolute Gasteiger partial charge is 0.256 e. The molecule has 0 saturated carbocycles. The maximum atomic E-state index is 4.71. The first-order chi connectivity index (χ1) is 15.1. The lowest BCUT2D eigenvalue weighted by atomic mass is 9.77. The zero-order valence-electron chi connectivity index (χ0n) is 17.9. The fourth-order valence-corrected chi connectivity index (χ4v) is 4.30. The predicted molar refractivity (Wildman–Crippen MR) is 131 cm³/mol. The van der Waals surface area contributed by atoms with Crippen LogP contribution in [-0.4, -0.2) is 4.98 Å². The van der Waals surface area contributed by atoms with Crippen molar-refractivity contribution in [1.82, 2.24) is 4.98 Å². The van der Waals surface area contributed by atoms with Crippen molar-refractivity contribution in [2.75, 3.05) is 0 Å². The van der Waals surface area contributed by atoms with Gasteiger partial charge in [-0.05, 0) is 39.8 Å². The number of nitrogens with zero attached hydrogens (tertiary/aromatic N) is 1. The van der Waals surface area contributed by atoms with E-state index in [1.807, 2.05) is 6.20 Å². The second-order valence-corrected chi connectivity index (χ2v) is 8.53. The van der Waals surface area contributed by atoms with Crippen LogP contribution in [0.1, 0.15) is 25.0 Å². The fraction of sp³-hybridized carbons (Fsp3) is 0.100. The Bertz CT molecular complexity index is 1340. The highest BCUT2D eigenvalue weighted by atomic mass is 14.7. The molecule has 1 aromatic heterocycles. The Hall–Kier alpha value is -3.71. The van der Waals surface area contributed by atoms with Gasteiger partial charge in [0.05, 0.1) is 5.69 Å². The third-order valence-electron chi connectivity index (χ3n) is 6.22. The van der Waals surface area contributed by atoms with Crippen LogP contribution in [0.3, 0.4) is 0 Å². The smallest absolute Gasteiger partial charge is 0.0780 e. The van der Waals surface area contributed by atoms with Crippen LogP contribution in [0.4, 0.5) is 0 Å². The summed E-state index contributed by atoms with van der Waals surface area (Å²) in [4.78, 5) is 4.71. The Morgan fingerprint density at radius 2 is 1.19 bits per heavy atom. The van der Waals surface area contributed by atoms with Gasteiger partial charge in [0.2, 0.25) is 0 Å². The van der Waals surface area contributed by atoms with Crippen LogP contribution in [0.15, 0.2) is 115 Å². The number of benzene rings is 4. The quantitative estimate of drug-likeness (QED) is 0.299. The minimum Gasteiger partial charge on any atom is -0.256 e. The van der Waals surface area contributed by atoms with Gasteiger partial charge in [-0.3, -0.25) is 4.98 Å².